The van der Waals surface area contributed by atoms with E-state index in [4.69, 9.17) is 9.73 Å². The third-order valence-electron chi connectivity index (χ3n) is 6.92. The fourth-order valence-corrected chi connectivity index (χ4v) is 6.13. The number of aromatic nitrogens is 2. The second-order valence-electron chi connectivity index (χ2n) is 9.39. The van der Waals surface area contributed by atoms with Crippen molar-refractivity contribution in [3.63, 3.8) is 0 Å². The Labute approximate surface area is 228 Å². The fraction of sp³-hybridized carbons (Fsp3) is 0.129. The molecule has 0 saturated heterocycles. The topological polar surface area (TPSA) is 77.6 Å². The predicted molar refractivity (Wildman–Crippen MR) is 155 cm³/mol. The van der Waals surface area contributed by atoms with Crippen molar-refractivity contribution in [3.8, 4) is 5.75 Å². The van der Waals surface area contributed by atoms with E-state index in [0.29, 0.717) is 32.0 Å². The highest BCUT2D eigenvalue weighted by molar-refractivity contribution is 7.07. The molecular weight excluding hydrogens is 508 g/mol. The monoisotopic (exact) mass is 534 g/mol. The number of anilines is 1. The van der Waals surface area contributed by atoms with Crippen molar-refractivity contribution >= 4 is 39.9 Å². The maximum Gasteiger partial charge on any atom is 0.271 e. The van der Waals surface area contributed by atoms with Gasteiger partial charge < -0.3 is 14.6 Å². The number of fused-ring (bicyclic) bond motifs is 2. The van der Waals surface area contributed by atoms with E-state index in [2.05, 4.69) is 11.4 Å². The molecule has 0 unspecified atom stereocenters. The number of allylic oxidation sites excluding steroid dienone is 1. The van der Waals surface area contributed by atoms with Gasteiger partial charge >= 0.3 is 0 Å². The van der Waals surface area contributed by atoms with E-state index >= 15 is 0 Å². The average molecular weight is 535 g/mol. The Balaban J connectivity index is 1.54. The summed E-state index contributed by atoms with van der Waals surface area (Å²) in [5.74, 6) is 0.335. The molecule has 1 N–H and O–H groups in total. The number of carbonyl (C=O) groups excluding carboxylic acids is 1. The lowest BCUT2D eigenvalue weighted by Gasteiger charge is -2.25. The molecule has 2 aromatic heterocycles. The van der Waals surface area contributed by atoms with Crippen LogP contribution in [0.3, 0.4) is 0 Å². The summed E-state index contributed by atoms with van der Waals surface area (Å²) in [6.07, 6.45) is 3.93. The van der Waals surface area contributed by atoms with Crippen molar-refractivity contribution in [2.75, 3.05) is 12.4 Å². The summed E-state index contributed by atoms with van der Waals surface area (Å²) in [5, 5.41) is 4.04. The predicted octanol–water partition coefficient (Wildman–Crippen LogP) is 4.37. The van der Waals surface area contributed by atoms with Gasteiger partial charge in [0.15, 0.2) is 4.80 Å². The quantitative estimate of drug-likeness (QED) is 0.364. The van der Waals surface area contributed by atoms with Gasteiger partial charge in [0.2, 0.25) is 0 Å². The first kappa shape index (κ1) is 24.6. The van der Waals surface area contributed by atoms with Crippen LogP contribution >= 0.6 is 11.3 Å². The molecule has 1 amide bonds. The second-order valence-corrected chi connectivity index (χ2v) is 10.4. The number of thiazole rings is 1. The summed E-state index contributed by atoms with van der Waals surface area (Å²) in [6, 6.07) is 24.2. The molecular formula is C31H26N4O3S. The minimum atomic E-state index is -0.672. The van der Waals surface area contributed by atoms with Gasteiger partial charge in [0, 0.05) is 35.4 Å². The number of benzene rings is 3. The third-order valence-corrected chi connectivity index (χ3v) is 7.90. The van der Waals surface area contributed by atoms with Crippen LogP contribution < -0.4 is 24.9 Å². The van der Waals surface area contributed by atoms with Crippen LogP contribution in [0.5, 0.6) is 5.75 Å². The van der Waals surface area contributed by atoms with Crippen molar-refractivity contribution in [3.05, 3.63) is 127 Å². The highest BCUT2D eigenvalue weighted by Gasteiger charge is 2.32. The van der Waals surface area contributed by atoms with Crippen LogP contribution in [-0.2, 0) is 11.8 Å². The molecule has 0 saturated carbocycles. The SMILES string of the molecule is COc1cccc([C@H]2C(C(=O)Nc3ccccc3)=C(C)N=c3s/c(=C\c4cn(C)c5ccccc45)c(=O)n32)c1. The average Bonchev–Trinajstić information content (AvgIpc) is 3.43. The minimum Gasteiger partial charge on any atom is -0.497 e. The number of aryl methyl sites for hydroxylation is 1. The highest BCUT2D eigenvalue weighted by atomic mass is 32.1. The number of nitrogens with one attached hydrogen (secondary N) is 1. The maximum absolute atomic E-state index is 14.0. The molecule has 0 radical (unpaired) electrons. The molecule has 0 fully saturated rings. The summed E-state index contributed by atoms with van der Waals surface area (Å²) in [4.78, 5) is 33.0. The lowest BCUT2D eigenvalue weighted by molar-refractivity contribution is -0.113. The van der Waals surface area contributed by atoms with Crippen LogP contribution in [0.2, 0.25) is 0 Å². The van der Waals surface area contributed by atoms with Gasteiger partial charge in [-0.25, -0.2) is 4.99 Å². The Morgan fingerprint density at radius 3 is 2.62 bits per heavy atom. The number of methoxy groups -OCH3 is 1. The minimum absolute atomic E-state index is 0.197. The summed E-state index contributed by atoms with van der Waals surface area (Å²) in [6.45, 7) is 1.81. The summed E-state index contributed by atoms with van der Waals surface area (Å²) >= 11 is 1.33. The van der Waals surface area contributed by atoms with E-state index < -0.39 is 6.04 Å². The molecule has 3 aromatic carbocycles. The van der Waals surface area contributed by atoms with Crippen LogP contribution in [0.4, 0.5) is 5.69 Å². The Bertz CT molecular complexity index is 1950. The highest BCUT2D eigenvalue weighted by Crippen LogP contribution is 2.32. The zero-order chi connectivity index (χ0) is 27.1. The number of para-hydroxylation sites is 2. The van der Waals surface area contributed by atoms with Crippen molar-refractivity contribution in [1.82, 2.24) is 9.13 Å². The van der Waals surface area contributed by atoms with Gasteiger partial charge in [0.05, 0.1) is 29.0 Å². The molecule has 194 valence electrons. The lowest BCUT2D eigenvalue weighted by Crippen LogP contribution is -2.40. The number of nitrogens with zero attached hydrogens (tertiary/aromatic N) is 3. The summed E-state index contributed by atoms with van der Waals surface area (Å²) in [5.41, 5.74) is 4.25. The van der Waals surface area contributed by atoms with Crippen LogP contribution in [-0.4, -0.2) is 22.2 Å². The zero-order valence-electron chi connectivity index (χ0n) is 21.7. The Kier molecular flexibility index (Phi) is 6.24. The molecule has 5 aromatic rings. The van der Waals surface area contributed by atoms with Crippen molar-refractivity contribution < 1.29 is 9.53 Å². The van der Waals surface area contributed by atoms with Crippen molar-refractivity contribution in [1.29, 1.82) is 0 Å². The van der Waals surface area contributed by atoms with Gasteiger partial charge in [-0.3, -0.25) is 14.2 Å². The molecule has 6 rings (SSSR count). The number of hydrogen-bond donors (Lipinski definition) is 1. The van der Waals surface area contributed by atoms with Gasteiger partial charge in [0.25, 0.3) is 11.5 Å². The van der Waals surface area contributed by atoms with E-state index in [1.54, 1.807) is 11.7 Å². The number of rotatable bonds is 5. The first-order valence-corrected chi connectivity index (χ1v) is 13.3. The van der Waals surface area contributed by atoms with E-state index in [-0.39, 0.29) is 11.5 Å². The second kappa shape index (κ2) is 9.89. The summed E-state index contributed by atoms with van der Waals surface area (Å²) in [7, 11) is 3.59. The summed E-state index contributed by atoms with van der Waals surface area (Å²) < 4.78 is 9.70. The van der Waals surface area contributed by atoms with Gasteiger partial charge in [-0.2, -0.15) is 0 Å². The molecule has 39 heavy (non-hydrogen) atoms. The molecule has 1 aliphatic heterocycles. The van der Waals surface area contributed by atoms with Gasteiger partial charge in [-0.15, -0.1) is 0 Å². The zero-order valence-corrected chi connectivity index (χ0v) is 22.5. The van der Waals surface area contributed by atoms with Crippen LogP contribution in [0.15, 0.2) is 106 Å². The Morgan fingerprint density at radius 1 is 1.05 bits per heavy atom. The van der Waals surface area contributed by atoms with Crippen LogP contribution in [0.25, 0.3) is 17.0 Å². The van der Waals surface area contributed by atoms with Crippen LogP contribution in [0, 0.1) is 0 Å². The molecule has 3 heterocycles. The standard InChI is InChI=1S/C31H26N4O3S/c1-19-27(29(36)33-22-11-5-4-6-12-22)28(20-10-9-13-23(16-20)38-3)35-30(37)26(39-31(35)32-19)17-21-18-34(2)25-15-8-7-14-24(21)25/h4-18,28H,1-3H3,(H,33,36)/b26-17-/t28-/m0/s1. The van der Waals surface area contributed by atoms with Gasteiger partial charge in [-0.05, 0) is 48.9 Å². The van der Waals surface area contributed by atoms with Crippen molar-refractivity contribution in [2.45, 2.75) is 13.0 Å². The van der Waals surface area contributed by atoms with E-state index in [1.165, 1.54) is 11.3 Å². The number of ether oxygens (including phenoxy) is 1. The normalized spacial score (nSPS) is 15.3. The first-order chi connectivity index (χ1) is 18.9. The van der Waals surface area contributed by atoms with Crippen molar-refractivity contribution in [2.24, 2.45) is 12.0 Å². The lowest BCUT2D eigenvalue weighted by atomic mass is 9.95. The van der Waals surface area contributed by atoms with E-state index in [1.807, 2.05) is 104 Å². The molecule has 1 aliphatic rings. The first-order valence-electron chi connectivity index (χ1n) is 12.5. The number of hydrogen-bond acceptors (Lipinski definition) is 5. The van der Waals surface area contributed by atoms with Gasteiger partial charge in [-0.1, -0.05) is 59.9 Å². The molecule has 0 aliphatic carbocycles. The largest absolute Gasteiger partial charge is 0.497 e. The third kappa shape index (κ3) is 4.38. The van der Waals surface area contributed by atoms with E-state index in [9.17, 15) is 9.59 Å². The number of amides is 1. The van der Waals surface area contributed by atoms with Crippen LogP contribution in [0.1, 0.15) is 24.1 Å². The number of carbonyl (C=O) groups is 1. The molecule has 7 nitrogen and oxygen atoms in total. The molecule has 0 spiro atoms. The molecule has 0 bridgehead atoms. The Morgan fingerprint density at radius 2 is 1.82 bits per heavy atom. The maximum atomic E-state index is 14.0. The molecule has 1 atom stereocenters. The van der Waals surface area contributed by atoms with Gasteiger partial charge in [0.1, 0.15) is 5.75 Å². The Hall–Kier alpha value is -4.69. The van der Waals surface area contributed by atoms with E-state index in [0.717, 1.165) is 22.0 Å². The fourth-order valence-electron chi connectivity index (χ4n) is 5.09. The molecule has 8 heteroatoms. The smallest absolute Gasteiger partial charge is 0.271 e.